The Kier molecular flexibility index (Phi) is 5.22. The first-order chi connectivity index (χ1) is 9.65. The lowest BCUT2D eigenvalue weighted by Gasteiger charge is -2.04. The van der Waals surface area contributed by atoms with E-state index in [2.05, 4.69) is 5.32 Å². The van der Waals surface area contributed by atoms with Gasteiger partial charge in [0.2, 0.25) is 5.91 Å². The van der Waals surface area contributed by atoms with Crippen LogP contribution in [0.4, 0.5) is 0 Å². The SMILES string of the molecule is O=C(/C=C/c1ccccc1)NCc1ccc(Cl)c(Cl)c1. The predicted molar refractivity (Wildman–Crippen MR) is 83.8 cm³/mol. The lowest BCUT2D eigenvalue weighted by Crippen LogP contribution is -2.20. The van der Waals surface area contributed by atoms with Crippen LogP contribution in [0.5, 0.6) is 0 Å². The summed E-state index contributed by atoms with van der Waals surface area (Å²) in [5, 5.41) is 3.78. The maximum Gasteiger partial charge on any atom is 0.244 e. The molecule has 0 spiro atoms. The van der Waals surface area contributed by atoms with Gasteiger partial charge in [0.25, 0.3) is 0 Å². The molecule has 20 heavy (non-hydrogen) atoms. The summed E-state index contributed by atoms with van der Waals surface area (Å²) in [5.41, 5.74) is 1.89. The maximum absolute atomic E-state index is 11.7. The summed E-state index contributed by atoms with van der Waals surface area (Å²) in [5.74, 6) is -0.153. The van der Waals surface area contributed by atoms with Crippen molar-refractivity contribution in [2.45, 2.75) is 6.54 Å². The Bertz CT molecular complexity index is 624. The van der Waals surface area contributed by atoms with Gasteiger partial charge in [-0.2, -0.15) is 0 Å². The fraction of sp³-hybridized carbons (Fsp3) is 0.0625. The minimum atomic E-state index is -0.153. The topological polar surface area (TPSA) is 29.1 Å². The molecule has 2 aromatic rings. The second-order valence-corrected chi connectivity index (χ2v) is 5.02. The zero-order valence-corrected chi connectivity index (χ0v) is 12.2. The van der Waals surface area contributed by atoms with Crippen molar-refractivity contribution in [3.8, 4) is 0 Å². The van der Waals surface area contributed by atoms with Crippen LogP contribution in [0.15, 0.2) is 54.6 Å². The second kappa shape index (κ2) is 7.13. The van der Waals surface area contributed by atoms with E-state index in [9.17, 15) is 4.79 Å². The first kappa shape index (κ1) is 14.6. The Balaban J connectivity index is 1.89. The van der Waals surface area contributed by atoms with Crippen LogP contribution in [0.2, 0.25) is 10.0 Å². The van der Waals surface area contributed by atoms with Crippen LogP contribution < -0.4 is 5.32 Å². The third-order valence-electron chi connectivity index (χ3n) is 2.68. The van der Waals surface area contributed by atoms with E-state index in [0.29, 0.717) is 16.6 Å². The Morgan fingerprint density at radius 1 is 1.05 bits per heavy atom. The zero-order valence-electron chi connectivity index (χ0n) is 10.6. The van der Waals surface area contributed by atoms with Gasteiger partial charge in [-0.3, -0.25) is 4.79 Å². The average Bonchev–Trinajstić information content (AvgIpc) is 2.47. The predicted octanol–water partition coefficient (Wildman–Crippen LogP) is 4.32. The molecule has 0 aromatic heterocycles. The van der Waals surface area contributed by atoms with E-state index in [0.717, 1.165) is 11.1 Å². The molecular formula is C16H13Cl2NO. The van der Waals surface area contributed by atoms with Gasteiger partial charge in [0.15, 0.2) is 0 Å². The third kappa shape index (κ3) is 4.41. The van der Waals surface area contributed by atoms with Crippen molar-refractivity contribution in [1.82, 2.24) is 5.32 Å². The summed E-state index contributed by atoms with van der Waals surface area (Å²) in [6, 6.07) is 14.9. The van der Waals surface area contributed by atoms with Crippen molar-refractivity contribution in [1.29, 1.82) is 0 Å². The molecule has 0 unspecified atom stereocenters. The molecule has 1 amide bonds. The van der Waals surface area contributed by atoms with Gasteiger partial charge >= 0.3 is 0 Å². The molecule has 0 aliphatic rings. The Morgan fingerprint density at radius 3 is 2.50 bits per heavy atom. The molecule has 0 atom stereocenters. The highest BCUT2D eigenvalue weighted by molar-refractivity contribution is 6.42. The minimum Gasteiger partial charge on any atom is -0.348 e. The number of nitrogens with one attached hydrogen (secondary N) is 1. The number of carbonyl (C=O) groups is 1. The summed E-state index contributed by atoms with van der Waals surface area (Å²) in [4.78, 5) is 11.7. The monoisotopic (exact) mass is 305 g/mol. The molecule has 0 bridgehead atoms. The summed E-state index contributed by atoms with van der Waals surface area (Å²) in [7, 11) is 0. The highest BCUT2D eigenvalue weighted by Crippen LogP contribution is 2.22. The van der Waals surface area contributed by atoms with Crippen LogP contribution in [0.3, 0.4) is 0 Å². The van der Waals surface area contributed by atoms with Crippen LogP contribution in [0.25, 0.3) is 6.08 Å². The van der Waals surface area contributed by atoms with E-state index in [-0.39, 0.29) is 5.91 Å². The van der Waals surface area contributed by atoms with Gasteiger partial charge in [-0.05, 0) is 29.3 Å². The van der Waals surface area contributed by atoms with E-state index < -0.39 is 0 Å². The first-order valence-corrected chi connectivity index (χ1v) is 6.85. The van der Waals surface area contributed by atoms with E-state index >= 15 is 0 Å². The first-order valence-electron chi connectivity index (χ1n) is 6.10. The Hall–Kier alpha value is -1.77. The summed E-state index contributed by atoms with van der Waals surface area (Å²) < 4.78 is 0. The average molecular weight is 306 g/mol. The highest BCUT2D eigenvalue weighted by Gasteiger charge is 2.01. The van der Waals surface area contributed by atoms with Gasteiger partial charge in [-0.1, -0.05) is 59.6 Å². The maximum atomic E-state index is 11.7. The molecule has 0 saturated carbocycles. The highest BCUT2D eigenvalue weighted by atomic mass is 35.5. The standard InChI is InChI=1S/C16H13Cl2NO/c17-14-8-6-13(10-15(14)18)11-19-16(20)9-7-12-4-2-1-3-5-12/h1-10H,11H2,(H,19,20)/b9-7+. The molecule has 0 fully saturated rings. The second-order valence-electron chi connectivity index (χ2n) is 4.21. The van der Waals surface area contributed by atoms with Gasteiger partial charge in [0.05, 0.1) is 10.0 Å². The van der Waals surface area contributed by atoms with Crippen molar-refractivity contribution in [2.75, 3.05) is 0 Å². The molecule has 102 valence electrons. The smallest absolute Gasteiger partial charge is 0.244 e. The summed E-state index contributed by atoms with van der Waals surface area (Å²) >= 11 is 11.7. The number of hydrogen-bond acceptors (Lipinski definition) is 1. The Labute approximate surface area is 128 Å². The number of hydrogen-bond donors (Lipinski definition) is 1. The van der Waals surface area contributed by atoms with E-state index in [4.69, 9.17) is 23.2 Å². The fourth-order valence-corrected chi connectivity index (χ4v) is 1.95. The van der Waals surface area contributed by atoms with Crippen molar-refractivity contribution < 1.29 is 4.79 Å². The molecule has 2 rings (SSSR count). The van der Waals surface area contributed by atoms with Crippen LogP contribution >= 0.6 is 23.2 Å². The Morgan fingerprint density at radius 2 is 1.80 bits per heavy atom. The molecule has 2 nitrogen and oxygen atoms in total. The van der Waals surface area contributed by atoms with Crippen molar-refractivity contribution in [3.05, 3.63) is 75.8 Å². The molecule has 1 N–H and O–H groups in total. The number of halogens is 2. The van der Waals surface area contributed by atoms with Gasteiger partial charge in [0.1, 0.15) is 0 Å². The summed E-state index contributed by atoms with van der Waals surface area (Å²) in [6.45, 7) is 0.412. The lowest BCUT2D eigenvalue weighted by atomic mass is 10.2. The molecule has 0 heterocycles. The molecule has 0 aliphatic carbocycles. The minimum absolute atomic E-state index is 0.153. The molecule has 2 aromatic carbocycles. The van der Waals surface area contributed by atoms with Crippen LogP contribution in [0, 0.1) is 0 Å². The largest absolute Gasteiger partial charge is 0.348 e. The van der Waals surface area contributed by atoms with Gasteiger partial charge < -0.3 is 5.32 Å². The van der Waals surface area contributed by atoms with Gasteiger partial charge in [0, 0.05) is 12.6 Å². The molecular weight excluding hydrogens is 293 g/mol. The molecule has 4 heteroatoms. The van der Waals surface area contributed by atoms with E-state index in [1.807, 2.05) is 36.4 Å². The number of amides is 1. The molecule has 0 saturated heterocycles. The molecule has 0 radical (unpaired) electrons. The number of carbonyl (C=O) groups excluding carboxylic acids is 1. The quantitative estimate of drug-likeness (QED) is 0.837. The van der Waals surface area contributed by atoms with Crippen molar-refractivity contribution in [2.24, 2.45) is 0 Å². The normalized spacial score (nSPS) is 10.7. The molecule has 0 aliphatic heterocycles. The van der Waals surface area contributed by atoms with E-state index in [1.54, 1.807) is 18.2 Å². The van der Waals surface area contributed by atoms with Crippen LogP contribution in [-0.2, 0) is 11.3 Å². The zero-order chi connectivity index (χ0) is 14.4. The fourth-order valence-electron chi connectivity index (χ4n) is 1.63. The summed E-state index contributed by atoms with van der Waals surface area (Å²) in [6.07, 6.45) is 3.27. The third-order valence-corrected chi connectivity index (χ3v) is 3.42. The van der Waals surface area contributed by atoms with Crippen LogP contribution in [0.1, 0.15) is 11.1 Å². The van der Waals surface area contributed by atoms with Crippen LogP contribution in [-0.4, -0.2) is 5.91 Å². The van der Waals surface area contributed by atoms with Crippen molar-refractivity contribution >= 4 is 35.2 Å². The number of rotatable bonds is 4. The van der Waals surface area contributed by atoms with Gasteiger partial charge in [-0.15, -0.1) is 0 Å². The number of benzene rings is 2. The lowest BCUT2D eigenvalue weighted by molar-refractivity contribution is -0.116. The van der Waals surface area contributed by atoms with Gasteiger partial charge in [-0.25, -0.2) is 0 Å². The van der Waals surface area contributed by atoms with E-state index in [1.165, 1.54) is 6.08 Å². The van der Waals surface area contributed by atoms with Crippen molar-refractivity contribution in [3.63, 3.8) is 0 Å².